The zero-order chi connectivity index (χ0) is 36.0. The summed E-state index contributed by atoms with van der Waals surface area (Å²) < 4.78 is 59.3. The van der Waals surface area contributed by atoms with E-state index in [9.17, 15) is 27.6 Å². The van der Waals surface area contributed by atoms with E-state index in [2.05, 4.69) is 27.5 Å². The van der Waals surface area contributed by atoms with E-state index in [0.29, 0.717) is 65.5 Å². The van der Waals surface area contributed by atoms with Crippen molar-refractivity contribution < 1.29 is 41.8 Å². The molecule has 3 amide bonds. The molecule has 3 aromatic carbocycles. The number of pyridine rings is 1. The maximum absolute atomic E-state index is 14.2. The largest absolute Gasteiger partial charge is 0.493 e. The first-order valence-corrected chi connectivity index (χ1v) is 15.7. The first-order valence-electron chi connectivity index (χ1n) is 15.7. The van der Waals surface area contributed by atoms with E-state index in [1.54, 1.807) is 53.6 Å². The van der Waals surface area contributed by atoms with E-state index in [4.69, 9.17) is 14.2 Å². The summed E-state index contributed by atoms with van der Waals surface area (Å²) in [6.45, 7) is 5.36. The van der Waals surface area contributed by atoms with E-state index in [0.717, 1.165) is 12.1 Å². The summed E-state index contributed by atoms with van der Waals surface area (Å²) in [6.07, 6.45) is -1.05. The molecule has 1 atom stereocenters. The molecule has 0 radical (unpaired) electrons. The summed E-state index contributed by atoms with van der Waals surface area (Å²) >= 11 is 0. The minimum atomic E-state index is -4.71. The predicted octanol–water partition coefficient (Wildman–Crippen LogP) is 6.55. The molecule has 1 aliphatic heterocycles. The van der Waals surface area contributed by atoms with Crippen molar-refractivity contribution >= 4 is 45.7 Å². The average molecular weight is 692 g/mol. The third-order valence-corrected chi connectivity index (χ3v) is 8.26. The lowest BCUT2D eigenvalue weighted by molar-refractivity contribution is -0.137. The van der Waals surface area contributed by atoms with Crippen LogP contribution in [-0.4, -0.2) is 56.1 Å². The van der Waals surface area contributed by atoms with Crippen molar-refractivity contribution in [2.45, 2.75) is 32.0 Å². The second-order valence-electron chi connectivity index (χ2n) is 11.6. The lowest BCUT2D eigenvalue weighted by atomic mass is 10.0. The summed E-state index contributed by atoms with van der Waals surface area (Å²) in [5.74, 6) is -1.20. The second-order valence-corrected chi connectivity index (χ2v) is 11.6. The Kier molecular flexibility index (Phi) is 10.8. The fraction of sp³-hybridized carbons (Fsp3) is 0.278. The molecule has 1 aliphatic rings. The highest BCUT2D eigenvalue weighted by Gasteiger charge is 2.36. The number of amides is 3. The molecule has 1 unspecified atom stereocenters. The van der Waals surface area contributed by atoms with Gasteiger partial charge in [-0.1, -0.05) is 12.6 Å². The number of rotatable bonds is 11. The normalized spacial score (nSPS) is 14.0. The SMILES string of the molecule is C=CC(=O)NC1CCN(c2ccc(NC(=O)C(C)C(=O)Nc3cccc(Oc4ccnc5cc(OC)c(OC)cc45)c3)cc2C(F)(F)F)CC1. The topological polar surface area (TPSA) is 131 Å². The highest BCUT2D eigenvalue weighted by atomic mass is 19.4. The van der Waals surface area contributed by atoms with Gasteiger partial charge in [-0.15, -0.1) is 0 Å². The summed E-state index contributed by atoms with van der Waals surface area (Å²) in [5.41, 5.74) is -0.112. The number of methoxy groups -OCH3 is 2. The Morgan fingerprint density at radius 3 is 2.22 bits per heavy atom. The smallest absolute Gasteiger partial charge is 0.418 e. The molecular formula is C36H36F3N5O6. The second kappa shape index (κ2) is 15.2. The number of aromatic nitrogens is 1. The number of halogens is 3. The van der Waals surface area contributed by atoms with Gasteiger partial charge in [-0.25, -0.2) is 0 Å². The number of alkyl halides is 3. The number of fused-ring (bicyclic) bond motifs is 1. The number of hydrogen-bond acceptors (Lipinski definition) is 8. The van der Waals surface area contributed by atoms with Gasteiger partial charge in [-0.3, -0.25) is 19.4 Å². The Labute approximate surface area is 286 Å². The lowest BCUT2D eigenvalue weighted by Gasteiger charge is -2.35. The first-order chi connectivity index (χ1) is 23.9. The first kappa shape index (κ1) is 35.5. The van der Waals surface area contributed by atoms with Crippen molar-refractivity contribution in [2.24, 2.45) is 5.92 Å². The van der Waals surface area contributed by atoms with Crippen molar-refractivity contribution in [3.05, 3.63) is 85.1 Å². The van der Waals surface area contributed by atoms with Crippen molar-refractivity contribution in [1.82, 2.24) is 10.3 Å². The van der Waals surface area contributed by atoms with Crippen LogP contribution in [0.5, 0.6) is 23.0 Å². The zero-order valence-corrected chi connectivity index (χ0v) is 27.6. The number of nitrogens with zero attached hydrogens (tertiary/aromatic N) is 2. The zero-order valence-electron chi connectivity index (χ0n) is 27.6. The van der Waals surface area contributed by atoms with Gasteiger partial charge in [0.15, 0.2) is 11.5 Å². The number of carbonyl (C=O) groups excluding carboxylic acids is 3. The number of benzene rings is 3. The molecule has 1 saturated heterocycles. The maximum atomic E-state index is 14.2. The monoisotopic (exact) mass is 691 g/mol. The molecule has 11 nitrogen and oxygen atoms in total. The Balaban J connectivity index is 1.24. The Morgan fingerprint density at radius 2 is 1.58 bits per heavy atom. The van der Waals surface area contributed by atoms with Crippen molar-refractivity contribution in [2.75, 3.05) is 42.8 Å². The highest BCUT2D eigenvalue weighted by molar-refractivity contribution is 6.10. The average Bonchev–Trinajstić information content (AvgIpc) is 3.10. The standard InChI is InChI=1S/C36H36F3N5O6/c1-5-33(45)41-22-12-15-44(16-13-22)29-10-9-24(18-27(29)36(37,38)39)43-35(47)21(2)34(46)42-23-7-6-8-25(17-23)50-30-11-14-40-28-20-32(49-4)31(48-3)19-26(28)30/h5-11,14,17-22H,1,12-13,15-16H2,2-4H3,(H,41,45)(H,42,46)(H,43,47). The van der Waals surface area contributed by atoms with Gasteiger partial charge in [0.25, 0.3) is 0 Å². The predicted molar refractivity (Wildman–Crippen MR) is 183 cm³/mol. The summed E-state index contributed by atoms with van der Waals surface area (Å²) in [5, 5.41) is 8.54. The van der Waals surface area contributed by atoms with E-state index in [1.165, 1.54) is 33.3 Å². The van der Waals surface area contributed by atoms with Crippen LogP contribution >= 0.6 is 0 Å². The molecule has 0 spiro atoms. The van der Waals surface area contributed by atoms with Gasteiger partial charge < -0.3 is 35.1 Å². The Morgan fingerprint density at radius 1 is 0.920 bits per heavy atom. The third kappa shape index (κ3) is 8.25. The van der Waals surface area contributed by atoms with Gasteiger partial charge in [0.05, 0.1) is 25.3 Å². The van der Waals surface area contributed by atoms with Crippen molar-refractivity contribution in [1.29, 1.82) is 0 Å². The van der Waals surface area contributed by atoms with Gasteiger partial charge in [0, 0.05) is 59.9 Å². The number of ether oxygens (including phenoxy) is 3. The Bertz CT molecular complexity index is 1910. The molecule has 262 valence electrons. The fourth-order valence-electron chi connectivity index (χ4n) is 5.56. The highest BCUT2D eigenvalue weighted by Crippen LogP contribution is 2.40. The molecular weight excluding hydrogens is 655 g/mol. The molecule has 2 heterocycles. The van der Waals surface area contributed by atoms with E-state index in [1.807, 2.05) is 0 Å². The van der Waals surface area contributed by atoms with Crippen LogP contribution in [0.15, 0.2) is 79.5 Å². The van der Waals surface area contributed by atoms with Gasteiger partial charge in [0.1, 0.15) is 17.4 Å². The number of nitrogens with one attached hydrogen (secondary N) is 3. The van der Waals surface area contributed by atoms with Gasteiger partial charge >= 0.3 is 6.18 Å². The van der Waals surface area contributed by atoms with Crippen LogP contribution in [0.2, 0.25) is 0 Å². The Hall–Kier alpha value is -5.79. The quantitative estimate of drug-likeness (QED) is 0.119. The van der Waals surface area contributed by atoms with Gasteiger partial charge in [-0.05, 0) is 68.3 Å². The molecule has 14 heteroatoms. The van der Waals surface area contributed by atoms with Crippen molar-refractivity contribution in [3.63, 3.8) is 0 Å². The summed E-state index contributed by atoms with van der Waals surface area (Å²) in [7, 11) is 3.04. The van der Waals surface area contributed by atoms with E-state index < -0.39 is 29.5 Å². The van der Waals surface area contributed by atoms with E-state index in [-0.39, 0.29) is 23.3 Å². The van der Waals surface area contributed by atoms with Crippen LogP contribution in [-0.2, 0) is 20.6 Å². The minimum Gasteiger partial charge on any atom is -0.493 e. The maximum Gasteiger partial charge on any atom is 0.418 e. The van der Waals surface area contributed by atoms with Gasteiger partial charge in [0.2, 0.25) is 17.7 Å². The van der Waals surface area contributed by atoms with Crippen LogP contribution in [0.4, 0.5) is 30.2 Å². The molecule has 0 bridgehead atoms. The molecule has 0 saturated carbocycles. The number of hydrogen-bond donors (Lipinski definition) is 3. The third-order valence-electron chi connectivity index (χ3n) is 8.26. The summed E-state index contributed by atoms with van der Waals surface area (Å²) in [6, 6.07) is 15.0. The molecule has 4 aromatic rings. The molecule has 50 heavy (non-hydrogen) atoms. The lowest BCUT2D eigenvalue weighted by Crippen LogP contribution is -2.44. The molecule has 3 N–H and O–H groups in total. The van der Waals surface area contributed by atoms with Crippen LogP contribution in [0.1, 0.15) is 25.3 Å². The van der Waals surface area contributed by atoms with Crippen LogP contribution < -0.4 is 35.1 Å². The minimum absolute atomic E-state index is 0.0319. The molecule has 1 aromatic heterocycles. The van der Waals surface area contributed by atoms with Crippen molar-refractivity contribution in [3.8, 4) is 23.0 Å². The molecule has 0 aliphatic carbocycles. The van der Waals surface area contributed by atoms with Crippen LogP contribution in [0.25, 0.3) is 10.9 Å². The number of anilines is 3. The fourth-order valence-corrected chi connectivity index (χ4v) is 5.56. The van der Waals surface area contributed by atoms with Gasteiger partial charge in [-0.2, -0.15) is 13.2 Å². The van der Waals surface area contributed by atoms with E-state index >= 15 is 0 Å². The van der Waals surface area contributed by atoms with Crippen LogP contribution in [0, 0.1) is 5.92 Å². The van der Waals surface area contributed by atoms with Crippen LogP contribution in [0.3, 0.4) is 0 Å². The molecule has 1 fully saturated rings. The number of piperidine rings is 1. The molecule has 5 rings (SSSR count). The summed E-state index contributed by atoms with van der Waals surface area (Å²) in [4.78, 5) is 43.6. The number of carbonyl (C=O) groups is 3.